The molecule has 0 heterocycles. The Labute approximate surface area is 239 Å². The van der Waals surface area contributed by atoms with Crippen LogP contribution in [0.5, 0.6) is 0 Å². The number of unbranched alkanes of at least 4 members (excludes halogenated alkanes) is 5. The predicted molar refractivity (Wildman–Crippen MR) is 151 cm³/mol. The lowest BCUT2D eigenvalue weighted by Crippen LogP contribution is -2.15. The fourth-order valence-electron chi connectivity index (χ4n) is 3.39. The number of hydrogen-bond donors (Lipinski definition) is 0. The van der Waals surface area contributed by atoms with E-state index in [1.807, 2.05) is 6.07 Å². The summed E-state index contributed by atoms with van der Waals surface area (Å²) in [5.74, 6) is -0.503. The van der Waals surface area contributed by atoms with Gasteiger partial charge in [-0.2, -0.15) is 0 Å². The minimum Gasteiger partial charge on any atom is -0.463 e. The molecule has 0 aliphatic rings. The molecule has 0 fully saturated rings. The molecule has 0 bridgehead atoms. The molecule has 0 aliphatic heterocycles. The summed E-state index contributed by atoms with van der Waals surface area (Å²) in [5.41, 5.74) is 0.525. The SMILES string of the molecule is CCCCCCCCC(=O)OCCOCCOCCOCCOCCOCCOCCOC(=O)c1ccccc1. The summed E-state index contributed by atoms with van der Waals surface area (Å²) in [6.45, 7) is 8.01. The van der Waals surface area contributed by atoms with Gasteiger partial charge in [0.05, 0.1) is 84.8 Å². The number of ether oxygens (including phenoxy) is 8. The summed E-state index contributed by atoms with van der Waals surface area (Å²) >= 11 is 0. The van der Waals surface area contributed by atoms with Crippen molar-refractivity contribution in [3.05, 3.63) is 35.9 Å². The Morgan fingerprint density at radius 3 is 1.38 bits per heavy atom. The molecule has 1 aromatic rings. The molecule has 0 saturated heterocycles. The highest BCUT2D eigenvalue weighted by Gasteiger charge is 2.05. The van der Waals surface area contributed by atoms with Crippen molar-refractivity contribution >= 4 is 11.9 Å². The van der Waals surface area contributed by atoms with Crippen LogP contribution in [0.4, 0.5) is 0 Å². The quantitative estimate of drug-likeness (QED) is 0.103. The predicted octanol–water partition coefficient (Wildman–Crippen LogP) is 4.24. The normalized spacial score (nSPS) is 11.0. The van der Waals surface area contributed by atoms with Gasteiger partial charge >= 0.3 is 11.9 Å². The first-order chi connectivity index (χ1) is 19.7. The highest BCUT2D eigenvalue weighted by Crippen LogP contribution is 2.07. The molecule has 0 unspecified atom stereocenters. The van der Waals surface area contributed by atoms with Crippen molar-refractivity contribution in [1.29, 1.82) is 0 Å². The smallest absolute Gasteiger partial charge is 0.338 e. The molecular weight excluding hydrogens is 520 g/mol. The molecule has 0 aromatic heterocycles. The monoisotopic (exact) mass is 570 g/mol. The van der Waals surface area contributed by atoms with Gasteiger partial charge in [-0.05, 0) is 18.6 Å². The molecule has 0 amide bonds. The number of esters is 2. The molecule has 0 radical (unpaired) electrons. The lowest BCUT2D eigenvalue weighted by atomic mass is 10.1. The molecule has 0 spiro atoms. The van der Waals surface area contributed by atoms with Gasteiger partial charge in [-0.25, -0.2) is 4.79 Å². The van der Waals surface area contributed by atoms with Crippen LogP contribution in [0, 0.1) is 0 Å². The van der Waals surface area contributed by atoms with Gasteiger partial charge in [-0.15, -0.1) is 0 Å². The van der Waals surface area contributed by atoms with Gasteiger partial charge in [0, 0.05) is 6.42 Å². The highest BCUT2D eigenvalue weighted by atomic mass is 16.6. The van der Waals surface area contributed by atoms with E-state index in [9.17, 15) is 9.59 Å². The Kier molecular flexibility index (Phi) is 25.6. The van der Waals surface area contributed by atoms with E-state index in [0.717, 1.165) is 12.8 Å². The van der Waals surface area contributed by atoms with Crippen LogP contribution < -0.4 is 0 Å². The Hall–Kier alpha value is -2.08. The fourth-order valence-corrected chi connectivity index (χ4v) is 3.39. The Morgan fingerprint density at radius 1 is 0.500 bits per heavy atom. The van der Waals surface area contributed by atoms with Gasteiger partial charge in [0.15, 0.2) is 0 Å². The van der Waals surface area contributed by atoms with Crippen LogP contribution in [0.3, 0.4) is 0 Å². The van der Waals surface area contributed by atoms with E-state index in [0.29, 0.717) is 91.3 Å². The molecule has 0 aliphatic carbocycles. The van der Waals surface area contributed by atoms with Crippen molar-refractivity contribution in [2.75, 3.05) is 92.5 Å². The Bertz CT molecular complexity index is 701. The Morgan fingerprint density at radius 2 is 0.900 bits per heavy atom. The van der Waals surface area contributed by atoms with E-state index >= 15 is 0 Å². The van der Waals surface area contributed by atoms with Crippen LogP contribution in [0.15, 0.2) is 30.3 Å². The van der Waals surface area contributed by atoms with Gasteiger partial charge < -0.3 is 37.9 Å². The lowest BCUT2D eigenvalue weighted by molar-refractivity contribution is -0.145. The van der Waals surface area contributed by atoms with Crippen LogP contribution in [-0.4, -0.2) is 104 Å². The molecule has 230 valence electrons. The molecule has 40 heavy (non-hydrogen) atoms. The average Bonchev–Trinajstić information content (AvgIpc) is 2.97. The topological polar surface area (TPSA) is 108 Å². The average molecular weight is 571 g/mol. The first kappa shape index (κ1) is 35.9. The van der Waals surface area contributed by atoms with E-state index in [4.69, 9.17) is 37.9 Å². The van der Waals surface area contributed by atoms with Crippen molar-refractivity contribution in [1.82, 2.24) is 0 Å². The second kappa shape index (κ2) is 28.4. The summed E-state index contributed by atoms with van der Waals surface area (Å²) in [4.78, 5) is 23.4. The van der Waals surface area contributed by atoms with Crippen molar-refractivity contribution in [3.63, 3.8) is 0 Å². The van der Waals surface area contributed by atoms with Crippen molar-refractivity contribution in [3.8, 4) is 0 Å². The maximum Gasteiger partial charge on any atom is 0.338 e. The zero-order valence-corrected chi connectivity index (χ0v) is 24.3. The first-order valence-electron chi connectivity index (χ1n) is 14.6. The van der Waals surface area contributed by atoms with E-state index in [1.165, 1.54) is 25.7 Å². The summed E-state index contributed by atoms with van der Waals surface area (Å²) in [6, 6.07) is 8.85. The van der Waals surface area contributed by atoms with E-state index in [2.05, 4.69) is 6.92 Å². The van der Waals surface area contributed by atoms with Gasteiger partial charge in [-0.1, -0.05) is 57.2 Å². The Balaban J connectivity index is 1.69. The van der Waals surface area contributed by atoms with Crippen LogP contribution in [0.25, 0.3) is 0 Å². The molecule has 0 N–H and O–H groups in total. The van der Waals surface area contributed by atoms with Crippen LogP contribution in [-0.2, 0) is 42.7 Å². The van der Waals surface area contributed by atoms with Crippen LogP contribution >= 0.6 is 0 Å². The molecule has 10 heteroatoms. The third-order valence-electron chi connectivity index (χ3n) is 5.56. The second-order valence-corrected chi connectivity index (χ2v) is 8.91. The zero-order chi connectivity index (χ0) is 28.8. The highest BCUT2D eigenvalue weighted by molar-refractivity contribution is 5.89. The van der Waals surface area contributed by atoms with Crippen LogP contribution in [0.1, 0.15) is 62.2 Å². The van der Waals surface area contributed by atoms with Gasteiger partial charge in [0.2, 0.25) is 0 Å². The van der Waals surface area contributed by atoms with Crippen molar-refractivity contribution in [2.24, 2.45) is 0 Å². The third-order valence-corrected chi connectivity index (χ3v) is 5.56. The summed E-state index contributed by atoms with van der Waals surface area (Å²) < 4.78 is 42.8. The van der Waals surface area contributed by atoms with Crippen molar-refractivity contribution < 1.29 is 47.5 Å². The molecule has 10 nitrogen and oxygen atoms in total. The maximum absolute atomic E-state index is 11.8. The maximum atomic E-state index is 11.8. The molecule has 0 atom stereocenters. The molecule has 0 saturated carbocycles. The zero-order valence-electron chi connectivity index (χ0n) is 24.3. The summed E-state index contributed by atoms with van der Waals surface area (Å²) in [7, 11) is 0. The molecule has 1 aromatic carbocycles. The first-order valence-corrected chi connectivity index (χ1v) is 14.6. The van der Waals surface area contributed by atoms with E-state index in [1.54, 1.807) is 24.3 Å². The number of rotatable bonds is 29. The molecular formula is C30H50O10. The summed E-state index contributed by atoms with van der Waals surface area (Å²) in [6.07, 6.45) is 7.41. The van der Waals surface area contributed by atoms with Crippen molar-refractivity contribution in [2.45, 2.75) is 51.9 Å². The molecule has 1 rings (SSSR count). The number of benzene rings is 1. The third kappa shape index (κ3) is 23.8. The second-order valence-electron chi connectivity index (χ2n) is 8.91. The number of carbonyl (C=O) groups excluding carboxylic acids is 2. The van der Waals surface area contributed by atoms with E-state index < -0.39 is 0 Å². The van der Waals surface area contributed by atoms with Gasteiger partial charge in [0.1, 0.15) is 13.2 Å². The lowest BCUT2D eigenvalue weighted by Gasteiger charge is -2.09. The minimum atomic E-state index is -0.356. The standard InChI is InChI=1S/C30H50O10/c1-2-3-4-5-6-10-13-29(31)39-26-24-37-22-20-35-18-16-33-14-15-34-17-19-36-21-23-38-25-27-40-30(32)28-11-8-7-9-12-28/h7-9,11-12H,2-6,10,13-27H2,1H3. The minimum absolute atomic E-state index is 0.147. The van der Waals surface area contributed by atoms with E-state index in [-0.39, 0.29) is 25.2 Å². The number of hydrogen-bond acceptors (Lipinski definition) is 10. The van der Waals surface area contributed by atoms with Gasteiger partial charge in [0.25, 0.3) is 0 Å². The summed E-state index contributed by atoms with van der Waals surface area (Å²) in [5, 5.41) is 0. The van der Waals surface area contributed by atoms with Crippen LogP contribution in [0.2, 0.25) is 0 Å². The fraction of sp³-hybridized carbons (Fsp3) is 0.733. The number of carbonyl (C=O) groups is 2. The largest absolute Gasteiger partial charge is 0.463 e. The van der Waals surface area contributed by atoms with Gasteiger partial charge in [-0.3, -0.25) is 4.79 Å².